The number of hydrogen-bond donors (Lipinski definition) is 3. The summed E-state index contributed by atoms with van der Waals surface area (Å²) >= 11 is 1.28. The highest BCUT2D eigenvalue weighted by atomic mass is 32.1. The zero-order valence-electron chi connectivity index (χ0n) is 13.0. The molecule has 2 rings (SSSR count). The molecule has 0 saturated heterocycles. The van der Waals surface area contributed by atoms with Gasteiger partial charge in [0.15, 0.2) is 6.10 Å². The van der Waals surface area contributed by atoms with Gasteiger partial charge in [-0.1, -0.05) is 25.5 Å². The van der Waals surface area contributed by atoms with Crippen LogP contribution in [-0.4, -0.2) is 32.7 Å². The van der Waals surface area contributed by atoms with E-state index < -0.39 is 23.7 Å². The summed E-state index contributed by atoms with van der Waals surface area (Å²) in [7, 11) is 0. The molecule has 2 atom stereocenters. The smallest absolute Gasteiger partial charge is 0.252 e. The number of rotatable bonds is 6. The summed E-state index contributed by atoms with van der Waals surface area (Å²) in [6.07, 6.45) is -1.14. The number of benzene rings is 1. The van der Waals surface area contributed by atoms with Gasteiger partial charge in [0.25, 0.3) is 5.91 Å². The number of aromatic nitrogens is 1. The molecule has 3 N–H and O–H groups in total. The first-order chi connectivity index (χ1) is 10.3. The van der Waals surface area contributed by atoms with Crippen LogP contribution in [0, 0.1) is 0 Å². The molecule has 1 heterocycles. The van der Waals surface area contributed by atoms with Gasteiger partial charge in [-0.2, -0.15) is 0 Å². The summed E-state index contributed by atoms with van der Waals surface area (Å²) in [5.74, 6) is -0.579. The van der Waals surface area contributed by atoms with Gasteiger partial charge < -0.3 is 15.5 Å². The predicted molar refractivity (Wildman–Crippen MR) is 87.7 cm³/mol. The minimum Gasteiger partial charge on any atom is -0.383 e. The van der Waals surface area contributed by atoms with E-state index >= 15 is 0 Å². The van der Waals surface area contributed by atoms with Gasteiger partial charge in [-0.15, -0.1) is 11.3 Å². The number of nitrogens with zero attached hydrogens (tertiary/aromatic N) is 1. The van der Waals surface area contributed by atoms with Crippen LogP contribution in [0.4, 0.5) is 0 Å². The van der Waals surface area contributed by atoms with Gasteiger partial charge in [0, 0.05) is 5.54 Å². The Labute approximate surface area is 134 Å². The molecule has 0 aliphatic heterocycles. The van der Waals surface area contributed by atoms with Gasteiger partial charge in [-0.25, -0.2) is 4.98 Å². The molecule has 0 spiro atoms. The molecule has 1 aromatic carbocycles. The van der Waals surface area contributed by atoms with E-state index in [1.807, 2.05) is 45.0 Å². The van der Waals surface area contributed by atoms with E-state index in [-0.39, 0.29) is 0 Å². The normalized spacial score (nSPS) is 14.8. The van der Waals surface area contributed by atoms with Gasteiger partial charge >= 0.3 is 0 Å². The van der Waals surface area contributed by atoms with E-state index in [4.69, 9.17) is 0 Å². The topological polar surface area (TPSA) is 82.5 Å². The number of amides is 1. The molecule has 0 aliphatic rings. The highest BCUT2D eigenvalue weighted by molar-refractivity contribution is 7.18. The number of carbonyl (C=O) groups is 1. The Kier molecular flexibility index (Phi) is 5.16. The first-order valence-electron chi connectivity index (χ1n) is 7.37. The summed E-state index contributed by atoms with van der Waals surface area (Å²) in [6, 6.07) is 7.46. The van der Waals surface area contributed by atoms with Crippen molar-refractivity contribution in [3.63, 3.8) is 0 Å². The van der Waals surface area contributed by atoms with Crippen molar-refractivity contribution in [2.75, 3.05) is 0 Å². The third-order valence-corrected chi connectivity index (χ3v) is 4.57. The SMILES string of the molecule is CCCC(C)(C)NC(=O)C(O)C(O)c1nc2ccccc2s1. The van der Waals surface area contributed by atoms with Crippen LogP contribution in [-0.2, 0) is 4.79 Å². The van der Waals surface area contributed by atoms with Crippen molar-refractivity contribution in [3.8, 4) is 0 Å². The molecule has 0 fully saturated rings. The van der Waals surface area contributed by atoms with E-state index in [9.17, 15) is 15.0 Å². The Balaban J connectivity index is 2.10. The van der Waals surface area contributed by atoms with Crippen LogP contribution < -0.4 is 5.32 Å². The quantitative estimate of drug-likeness (QED) is 0.762. The third-order valence-electron chi connectivity index (χ3n) is 3.47. The van der Waals surface area contributed by atoms with Gasteiger partial charge in [-0.05, 0) is 32.4 Å². The Morgan fingerprint density at radius 2 is 2.05 bits per heavy atom. The molecule has 2 unspecified atom stereocenters. The number of hydrogen-bond acceptors (Lipinski definition) is 5. The van der Waals surface area contributed by atoms with Crippen molar-refractivity contribution in [2.24, 2.45) is 0 Å². The van der Waals surface area contributed by atoms with E-state index in [1.54, 1.807) is 0 Å². The fourth-order valence-electron chi connectivity index (χ4n) is 2.39. The molecule has 1 amide bonds. The number of aliphatic hydroxyl groups excluding tert-OH is 2. The predicted octanol–water partition coefficient (Wildman–Crippen LogP) is 2.39. The summed E-state index contributed by atoms with van der Waals surface area (Å²) < 4.78 is 0.912. The number of aliphatic hydroxyl groups is 2. The molecule has 0 radical (unpaired) electrons. The second kappa shape index (κ2) is 6.73. The van der Waals surface area contributed by atoms with Gasteiger partial charge in [0.05, 0.1) is 10.2 Å². The van der Waals surface area contributed by atoms with Crippen molar-refractivity contribution < 1.29 is 15.0 Å². The van der Waals surface area contributed by atoms with Crippen molar-refractivity contribution in [1.82, 2.24) is 10.3 Å². The number of thiazole rings is 1. The summed E-state index contributed by atoms with van der Waals surface area (Å²) in [5.41, 5.74) is 0.334. The average Bonchev–Trinajstić information content (AvgIpc) is 2.88. The lowest BCUT2D eigenvalue weighted by Gasteiger charge is -2.28. The van der Waals surface area contributed by atoms with Crippen LogP contribution in [0.3, 0.4) is 0 Å². The molecule has 5 nitrogen and oxygen atoms in total. The highest BCUT2D eigenvalue weighted by Crippen LogP contribution is 2.28. The summed E-state index contributed by atoms with van der Waals surface area (Å²) in [5, 5.41) is 23.4. The van der Waals surface area contributed by atoms with Crippen LogP contribution in [0.15, 0.2) is 24.3 Å². The molecular weight excluding hydrogens is 300 g/mol. The van der Waals surface area contributed by atoms with Gasteiger partial charge in [0.2, 0.25) is 0 Å². The third kappa shape index (κ3) is 3.82. The molecule has 0 aliphatic carbocycles. The van der Waals surface area contributed by atoms with E-state index in [0.717, 1.165) is 23.1 Å². The first kappa shape index (κ1) is 16.9. The highest BCUT2D eigenvalue weighted by Gasteiger charge is 2.31. The van der Waals surface area contributed by atoms with E-state index in [2.05, 4.69) is 10.3 Å². The lowest BCUT2D eigenvalue weighted by atomic mass is 9.98. The minimum atomic E-state index is -1.53. The molecular formula is C16H22N2O3S. The van der Waals surface area contributed by atoms with Crippen molar-refractivity contribution in [3.05, 3.63) is 29.3 Å². The molecule has 6 heteroatoms. The Morgan fingerprint density at radius 3 is 2.68 bits per heavy atom. The molecule has 120 valence electrons. The number of carbonyl (C=O) groups excluding carboxylic acids is 1. The standard InChI is InChI=1S/C16H22N2O3S/c1-4-9-16(2,3)18-14(21)12(19)13(20)15-17-10-7-5-6-8-11(10)22-15/h5-8,12-13,19-20H,4,9H2,1-3H3,(H,18,21). The summed E-state index contributed by atoms with van der Waals surface area (Å²) in [6.45, 7) is 5.82. The lowest BCUT2D eigenvalue weighted by molar-refractivity contribution is -0.137. The summed E-state index contributed by atoms with van der Waals surface area (Å²) in [4.78, 5) is 16.4. The maximum absolute atomic E-state index is 12.1. The Hall–Kier alpha value is -1.50. The van der Waals surface area contributed by atoms with Crippen molar-refractivity contribution in [1.29, 1.82) is 0 Å². The molecule has 22 heavy (non-hydrogen) atoms. The van der Waals surface area contributed by atoms with Crippen LogP contribution in [0.25, 0.3) is 10.2 Å². The maximum atomic E-state index is 12.1. The Morgan fingerprint density at radius 1 is 1.36 bits per heavy atom. The minimum absolute atomic E-state index is 0.345. The second-order valence-electron chi connectivity index (χ2n) is 6.03. The zero-order valence-corrected chi connectivity index (χ0v) is 13.9. The van der Waals surface area contributed by atoms with Crippen LogP contribution in [0.2, 0.25) is 0 Å². The average molecular weight is 322 g/mol. The second-order valence-corrected chi connectivity index (χ2v) is 7.09. The molecule has 2 aromatic rings. The van der Waals surface area contributed by atoms with Crippen molar-refractivity contribution >= 4 is 27.5 Å². The first-order valence-corrected chi connectivity index (χ1v) is 8.19. The van der Waals surface area contributed by atoms with Crippen LogP contribution >= 0.6 is 11.3 Å². The number of para-hydroxylation sites is 1. The van der Waals surface area contributed by atoms with E-state index in [0.29, 0.717) is 5.01 Å². The molecule has 1 aromatic heterocycles. The monoisotopic (exact) mass is 322 g/mol. The number of fused-ring (bicyclic) bond motifs is 1. The van der Waals surface area contributed by atoms with Crippen molar-refractivity contribution in [2.45, 2.75) is 51.4 Å². The lowest BCUT2D eigenvalue weighted by Crippen LogP contribution is -2.49. The maximum Gasteiger partial charge on any atom is 0.252 e. The van der Waals surface area contributed by atoms with E-state index in [1.165, 1.54) is 11.3 Å². The fourth-order valence-corrected chi connectivity index (χ4v) is 3.37. The molecule has 0 saturated carbocycles. The largest absolute Gasteiger partial charge is 0.383 e. The van der Waals surface area contributed by atoms with Crippen LogP contribution in [0.1, 0.15) is 44.7 Å². The van der Waals surface area contributed by atoms with Crippen LogP contribution in [0.5, 0.6) is 0 Å². The Bertz CT molecular complexity index is 621. The van der Waals surface area contributed by atoms with Gasteiger partial charge in [-0.3, -0.25) is 4.79 Å². The molecule has 0 bridgehead atoms. The number of nitrogens with one attached hydrogen (secondary N) is 1. The van der Waals surface area contributed by atoms with Gasteiger partial charge in [0.1, 0.15) is 11.1 Å². The zero-order chi connectivity index (χ0) is 16.3. The fraction of sp³-hybridized carbons (Fsp3) is 0.500.